The Balaban J connectivity index is 2.06. The molecule has 0 spiro atoms. The molecule has 0 aromatic heterocycles. The average molecular weight is 360 g/mol. The molecule has 0 bridgehead atoms. The Morgan fingerprint density at radius 1 is 1.42 bits per heavy atom. The van der Waals surface area contributed by atoms with Crippen LogP contribution >= 0.6 is 0 Å². The Morgan fingerprint density at radius 3 is 2.77 bits per heavy atom. The van der Waals surface area contributed by atoms with Crippen LogP contribution in [0.5, 0.6) is 0 Å². The highest BCUT2D eigenvalue weighted by Gasteiger charge is 2.63. The largest absolute Gasteiger partial charge is 0.444 e. The Labute approximate surface area is 153 Å². The normalized spacial score (nSPS) is 28.3. The van der Waals surface area contributed by atoms with Crippen molar-refractivity contribution in [1.29, 1.82) is 0 Å². The summed E-state index contributed by atoms with van der Waals surface area (Å²) in [4.78, 5) is 25.8. The third kappa shape index (κ3) is 4.19. The third-order valence-corrected chi connectivity index (χ3v) is 4.05. The number of allylic oxidation sites excluding steroid dienone is 2. The molecule has 2 N–H and O–H groups in total. The average Bonchev–Trinajstić information content (AvgIpc) is 2.55. The maximum atomic E-state index is 12.7. The molecule has 1 heterocycles. The monoisotopic (exact) mass is 360 g/mol. The first kappa shape index (κ1) is 19.8. The molecule has 0 aromatic carbocycles. The number of alkyl carbamates (subject to hydrolysis) is 1. The summed E-state index contributed by atoms with van der Waals surface area (Å²) < 4.78 is 10.6. The maximum absolute atomic E-state index is 12.7. The van der Waals surface area contributed by atoms with Crippen molar-refractivity contribution in [2.45, 2.75) is 50.5 Å². The lowest BCUT2D eigenvalue weighted by atomic mass is 9.76. The van der Waals surface area contributed by atoms with Crippen LogP contribution in [-0.4, -0.2) is 65.6 Å². The van der Waals surface area contributed by atoms with E-state index in [-0.39, 0.29) is 25.4 Å². The Kier molecular flexibility index (Phi) is 5.97. The highest BCUT2D eigenvalue weighted by molar-refractivity contribution is 5.94. The summed E-state index contributed by atoms with van der Waals surface area (Å²) >= 11 is 0. The number of carbonyl (C=O) groups excluding carboxylic acids is 2. The summed E-state index contributed by atoms with van der Waals surface area (Å²) in [5.41, 5.74) is -1.83. The fraction of sp³-hybridized carbons (Fsp3) is 0.579. The number of aliphatic hydroxyl groups is 1. The summed E-state index contributed by atoms with van der Waals surface area (Å²) in [5, 5.41) is 13.0. The van der Waals surface area contributed by atoms with Crippen LogP contribution in [0.15, 0.2) is 12.2 Å². The molecule has 2 amide bonds. The summed E-state index contributed by atoms with van der Waals surface area (Å²) in [5.74, 6) is 10.8. The van der Waals surface area contributed by atoms with Gasteiger partial charge in [-0.1, -0.05) is 23.7 Å². The zero-order valence-corrected chi connectivity index (χ0v) is 15.5. The Hall–Kier alpha value is -2.48. The molecule has 7 nitrogen and oxygen atoms in total. The van der Waals surface area contributed by atoms with Crippen LogP contribution in [0.25, 0.3) is 0 Å². The van der Waals surface area contributed by atoms with Crippen LogP contribution in [0.2, 0.25) is 0 Å². The number of methoxy groups -OCH3 is 1. The lowest BCUT2D eigenvalue weighted by Gasteiger charge is -2.55. The molecule has 2 aliphatic rings. The van der Waals surface area contributed by atoms with E-state index in [9.17, 15) is 14.7 Å². The minimum Gasteiger partial charge on any atom is -0.444 e. The van der Waals surface area contributed by atoms with E-state index in [4.69, 9.17) is 9.47 Å². The molecule has 1 aliphatic carbocycles. The van der Waals surface area contributed by atoms with Gasteiger partial charge in [0.05, 0.1) is 0 Å². The van der Waals surface area contributed by atoms with Crippen molar-refractivity contribution in [3.05, 3.63) is 12.2 Å². The van der Waals surface area contributed by atoms with Gasteiger partial charge in [-0.2, -0.15) is 0 Å². The van der Waals surface area contributed by atoms with Gasteiger partial charge in [0.15, 0.2) is 5.60 Å². The van der Waals surface area contributed by atoms with Gasteiger partial charge >= 0.3 is 6.09 Å². The van der Waals surface area contributed by atoms with E-state index in [2.05, 4.69) is 29.0 Å². The van der Waals surface area contributed by atoms with E-state index >= 15 is 0 Å². The van der Waals surface area contributed by atoms with Gasteiger partial charge in [0, 0.05) is 26.6 Å². The van der Waals surface area contributed by atoms with E-state index in [1.807, 2.05) is 0 Å². The highest BCUT2D eigenvalue weighted by atomic mass is 16.6. The number of hydrogen-bond acceptors (Lipinski definition) is 5. The number of aliphatic hydroxyl groups excluding tert-OH is 1. The molecule has 1 fully saturated rings. The minimum absolute atomic E-state index is 0.159. The summed E-state index contributed by atoms with van der Waals surface area (Å²) in [7, 11) is 1.42. The molecule has 0 radical (unpaired) electrons. The standard InChI is InChI=1S/C19H24N2O5/c1-18(2,3)26-17(24)20-12-13-21-15-14(22)10-8-6-5-7-9-11-19(15,25-4)16(21)23/h5-6,14-15,22H,11-13H2,1-4H3,(H,20,24)/b6-5-/t14-,15+,19-/m0/s1. The van der Waals surface area contributed by atoms with Gasteiger partial charge in [-0.3, -0.25) is 4.79 Å². The van der Waals surface area contributed by atoms with Crippen molar-refractivity contribution in [3.63, 3.8) is 0 Å². The molecule has 1 aliphatic heterocycles. The number of ether oxygens (including phenoxy) is 2. The van der Waals surface area contributed by atoms with Gasteiger partial charge < -0.3 is 24.8 Å². The van der Waals surface area contributed by atoms with Crippen LogP contribution in [0.3, 0.4) is 0 Å². The van der Waals surface area contributed by atoms with Crippen molar-refractivity contribution >= 4 is 12.0 Å². The molecule has 0 unspecified atom stereocenters. The minimum atomic E-state index is -1.22. The van der Waals surface area contributed by atoms with Crippen LogP contribution < -0.4 is 5.32 Å². The van der Waals surface area contributed by atoms with Gasteiger partial charge in [0.25, 0.3) is 5.91 Å². The SMILES string of the molecule is CO[C@@]12CC#C/C=C\C#C[C@H](O)[C@H]1N(CCNC(=O)OC(C)(C)C)C2=O. The van der Waals surface area contributed by atoms with Crippen molar-refractivity contribution in [3.8, 4) is 23.7 Å². The molecular formula is C19H24N2O5. The zero-order valence-electron chi connectivity index (χ0n) is 15.5. The topological polar surface area (TPSA) is 88.1 Å². The highest BCUT2D eigenvalue weighted by Crippen LogP contribution is 2.38. The van der Waals surface area contributed by atoms with Gasteiger partial charge in [-0.05, 0) is 32.9 Å². The number of likely N-dealkylation sites (tertiary alicyclic amines) is 1. The number of carbonyl (C=O) groups is 2. The van der Waals surface area contributed by atoms with Gasteiger partial charge in [0.1, 0.15) is 17.7 Å². The fourth-order valence-electron chi connectivity index (χ4n) is 2.94. The predicted molar refractivity (Wildman–Crippen MR) is 94.8 cm³/mol. The second-order valence-corrected chi connectivity index (χ2v) is 7.03. The maximum Gasteiger partial charge on any atom is 0.407 e. The molecule has 3 atom stereocenters. The second-order valence-electron chi connectivity index (χ2n) is 7.03. The Morgan fingerprint density at radius 2 is 2.12 bits per heavy atom. The number of β-lactam (4-membered cyclic amide) rings is 1. The first-order chi connectivity index (χ1) is 12.2. The van der Waals surface area contributed by atoms with Gasteiger partial charge in [-0.15, -0.1) is 0 Å². The van der Waals surface area contributed by atoms with Gasteiger partial charge in [-0.25, -0.2) is 4.79 Å². The lowest BCUT2D eigenvalue weighted by Crippen LogP contribution is -2.78. The number of fused-ring (bicyclic) bond motifs is 1. The zero-order chi connectivity index (χ0) is 19.4. The number of rotatable bonds is 4. The summed E-state index contributed by atoms with van der Waals surface area (Å²) in [6.45, 7) is 5.69. The van der Waals surface area contributed by atoms with Crippen molar-refractivity contribution in [1.82, 2.24) is 10.2 Å². The first-order valence-electron chi connectivity index (χ1n) is 8.37. The summed E-state index contributed by atoms with van der Waals surface area (Å²) in [6.07, 6.45) is 1.62. The van der Waals surface area contributed by atoms with E-state index in [1.165, 1.54) is 12.0 Å². The summed E-state index contributed by atoms with van der Waals surface area (Å²) in [6, 6.07) is -0.659. The van der Waals surface area contributed by atoms with Crippen LogP contribution in [0, 0.1) is 23.7 Å². The smallest absolute Gasteiger partial charge is 0.407 e. The van der Waals surface area contributed by atoms with E-state index in [0.717, 1.165) is 0 Å². The van der Waals surface area contributed by atoms with E-state index in [0.29, 0.717) is 0 Å². The van der Waals surface area contributed by atoms with Crippen LogP contribution in [0.4, 0.5) is 4.79 Å². The fourth-order valence-corrected chi connectivity index (χ4v) is 2.94. The molecule has 26 heavy (non-hydrogen) atoms. The van der Waals surface area contributed by atoms with Crippen molar-refractivity contribution in [2.75, 3.05) is 20.2 Å². The molecule has 1 saturated heterocycles. The second kappa shape index (κ2) is 7.82. The van der Waals surface area contributed by atoms with E-state index in [1.54, 1.807) is 32.9 Å². The van der Waals surface area contributed by atoms with Crippen molar-refractivity contribution in [2.24, 2.45) is 0 Å². The van der Waals surface area contributed by atoms with E-state index < -0.39 is 29.4 Å². The molecule has 2 rings (SSSR count). The van der Waals surface area contributed by atoms with Crippen LogP contribution in [-0.2, 0) is 14.3 Å². The molecular weight excluding hydrogens is 336 g/mol. The van der Waals surface area contributed by atoms with Crippen molar-refractivity contribution < 1.29 is 24.2 Å². The number of amides is 2. The molecule has 7 heteroatoms. The first-order valence-corrected chi connectivity index (χ1v) is 8.37. The van der Waals surface area contributed by atoms with Gasteiger partial charge in [0.2, 0.25) is 0 Å². The quantitative estimate of drug-likeness (QED) is 0.561. The predicted octanol–water partition coefficient (Wildman–Crippen LogP) is 0.435. The number of nitrogens with zero attached hydrogens (tertiary/aromatic N) is 1. The number of nitrogens with one attached hydrogen (secondary N) is 1. The molecule has 140 valence electrons. The Bertz CT molecular complexity index is 716. The molecule has 0 aromatic rings. The third-order valence-electron chi connectivity index (χ3n) is 4.05. The number of hydrogen-bond donors (Lipinski definition) is 2. The van der Waals surface area contributed by atoms with Crippen LogP contribution in [0.1, 0.15) is 27.2 Å². The lowest BCUT2D eigenvalue weighted by molar-refractivity contribution is -0.206. The molecule has 0 saturated carbocycles.